The zero-order chi connectivity index (χ0) is 21.4. The van der Waals surface area contributed by atoms with E-state index in [2.05, 4.69) is 28.9 Å². The standard InChI is InChI=1S/C20H26N2O2.2C2H6.2H2/c1-15(2)19(23)21-13-6-14-22-20(24)18-11-9-17(10-12-18)16-7-4-3-5-8-16;2*1-2;;/h4,7-12,15H,3,5-6,13-14H2,1-2H3,(H,21,23)(H,22,24);2*1-2H3;2*1H. The lowest BCUT2D eigenvalue weighted by Gasteiger charge is -2.10. The number of hydrogen-bond donors (Lipinski definition) is 2. The molecular formula is C24H42N2O2. The third kappa shape index (κ3) is 9.54. The lowest BCUT2D eigenvalue weighted by Crippen LogP contribution is -2.31. The highest BCUT2D eigenvalue weighted by Gasteiger charge is 2.07. The third-order valence-corrected chi connectivity index (χ3v) is 3.94. The predicted octanol–water partition coefficient (Wildman–Crippen LogP) is 5.86. The van der Waals surface area contributed by atoms with Gasteiger partial charge in [-0.05, 0) is 42.5 Å². The summed E-state index contributed by atoms with van der Waals surface area (Å²) in [7, 11) is 0. The van der Waals surface area contributed by atoms with Crippen molar-refractivity contribution in [2.75, 3.05) is 13.1 Å². The second-order valence-electron chi connectivity index (χ2n) is 6.27. The molecule has 4 nitrogen and oxygen atoms in total. The van der Waals surface area contributed by atoms with Crippen LogP contribution >= 0.6 is 0 Å². The number of carbonyl (C=O) groups excluding carboxylic acids is 2. The summed E-state index contributed by atoms with van der Waals surface area (Å²) in [4.78, 5) is 23.5. The maximum atomic E-state index is 12.1. The number of carbonyl (C=O) groups is 2. The van der Waals surface area contributed by atoms with Gasteiger partial charge in [-0.3, -0.25) is 9.59 Å². The van der Waals surface area contributed by atoms with E-state index in [0.29, 0.717) is 18.7 Å². The average Bonchev–Trinajstić information content (AvgIpc) is 2.76. The average molecular weight is 391 g/mol. The van der Waals surface area contributed by atoms with Crippen molar-refractivity contribution in [3.05, 3.63) is 53.6 Å². The molecule has 2 N–H and O–H groups in total. The normalized spacial score (nSPS) is 12.0. The van der Waals surface area contributed by atoms with Crippen LogP contribution in [0.4, 0.5) is 0 Å². The van der Waals surface area contributed by atoms with Crippen molar-refractivity contribution >= 4 is 17.4 Å². The molecule has 0 spiro atoms. The summed E-state index contributed by atoms with van der Waals surface area (Å²) in [5, 5.41) is 5.72. The van der Waals surface area contributed by atoms with Crippen LogP contribution in [0.2, 0.25) is 0 Å². The first-order valence-corrected chi connectivity index (χ1v) is 10.6. The first-order chi connectivity index (χ1) is 13.6. The predicted molar refractivity (Wildman–Crippen MR) is 125 cm³/mol. The maximum absolute atomic E-state index is 12.1. The first kappa shape index (κ1) is 25.6. The van der Waals surface area contributed by atoms with Crippen LogP contribution in [0.15, 0.2) is 42.5 Å². The monoisotopic (exact) mass is 390 g/mol. The number of amides is 2. The molecule has 2 amide bonds. The number of rotatable bonds is 7. The minimum atomic E-state index is -0.0788. The molecule has 0 saturated heterocycles. The Hall–Kier alpha value is -2.36. The molecule has 0 aromatic heterocycles. The van der Waals surface area contributed by atoms with Gasteiger partial charge in [0, 0.05) is 27.4 Å². The van der Waals surface area contributed by atoms with Crippen molar-refractivity contribution in [3.8, 4) is 0 Å². The van der Waals surface area contributed by atoms with Crippen LogP contribution in [0.25, 0.3) is 5.57 Å². The van der Waals surface area contributed by atoms with E-state index >= 15 is 0 Å². The van der Waals surface area contributed by atoms with Crippen LogP contribution < -0.4 is 10.6 Å². The quantitative estimate of drug-likeness (QED) is 0.573. The number of hydrogen-bond acceptors (Lipinski definition) is 2. The van der Waals surface area contributed by atoms with E-state index in [1.165, 1.54) is 5.57 Å². The van der Waals surface area contributed by atoms with Crippen molar-refractivity contribution in [2.24, 2.45) is 5.92 Å². The van der Waals surface area contributed by atoms with Gasteiger partial charge in [0.25, 0.3) is 5.91 Å². The molecule has 0 unspecified atom stereocenters. The van der Waals surface area contributed by atoms with Gasteiger partial charge in [0.05, 0.1) is 0 Å². The smallest absolute Gasteiger partial charge is 0.251 e. The highest BCUT2D eigenvalue weighted by atomic mass is 16.2. The Kier molecular flexibility index (Phi) is 14.4. The Balaban J connectivity index is -0.00000114. The van der Waals surface area contributed by atoms with Crippen molar-refractivity contribution in [1.29, 1.82) is 0 Å². The summed E-state index contributed by atoms with van der Waals surface area (Å²) in [6, 6.07) is 7.68. The second kappa shape index (κ2) is 15.7. The first-order valence-electron chi connectivity index (χ1n) is 10.6. The van der Waals surface area contributed by atoms with Crippen LogP contribution in [0, 0.1) is 5.92 Å². The Morgan fingerprint density at radius 1 is 0.964 bits per heavy atom. The minimum absolute atomic E-state index is 0. The topological polar surface area (TPSA) is 58.2 Å². The van der Waals surface area contributed by atoms with Gasteiger partial charge in [-0.15, -0.1) is 0 Å². The van der Waals surface area contributed by atoms with Gasteiger partial charge in [0.2, 0.25) is 5.91 Å². The summed E-state index contributed by atoms with van der Waals surface area (Å²) in [6.07, 6.45) is 9.42. The highest BCUT2D eigenvalue weighted by Crippen LogP contribution is 2.21. The van der Waals surface area contributed by atoms with Crippen molar-refractivity contribution < 1.29 is 12.4 Å². The Labute approximate surface area is 174 Å². The van der Waals surface area contributed by atoms with Crippen LogP contribution in [0.3, 0.4) is 0 Å². The molecule has 160 valence electrons. The van der Waals surface area contributed by atoms with Gasteiger partial charge in [0.15, 0.2) is 0 Å². The SMILES string of the molecule is CC.CC.CC(C)C(=O)NCCCNC(=O)c1ccc(C2=CCCC=C2)cc1.[HH].[HH]. The zero-order valence-corrected chi connectivity index (χ0v) is 18.5. The summed E-state index contributed by atoms with van der Waals surface area (Å²) in [5.74, 6) is -0.0416. The van der Waals surface area contributed by atoms with Crippen LogP contribution in [-0.2, 0) is 4.79 Å². The lowest BCUT2D eigenvalue weighted by atomic mass is 9.98. The summed E-state index contributed by atoms with van der Waals surface area (Å²) >= 11 is 0. The van der Waals surface area contributed by atoms with Gasteiger partial charge in [-0.1, -0.05) is 71.9 Å². The second-order valence-corrected chi connectivity index (χ2v) is 6.27. The van der Waals surface area contributed by atoms with Gasteiger partial charge in [-0.25, -0.2) is 0 Å². The molecule has 2 rings (SSSR count). The van der Waals surface area contributed by atoms with Gasteiger partial charge >= 0.3 is 0 Å². The third-order valence-electron chi connectivity index (χ3n) is 3.94. The maximum Gasteiger partial charge on any atom is 0.251 e. The Morgan fingerprint density at radius 2 is 1.57 bits per heavy atom. The molecule has 0 saturated carbocycles. The number of nitrogens with one attached hydrogen (secondary N) is 2. The van der Waals surface area contributed by atoms with Crippen molar-refractivity contribution in [2.45, 2.75) is 60.8 Å². The van der Waals surface area contributed by atoms with Gasteiger partial charge < -0.3 is 10.6 Å². The zero-order valence-electron chi connectivity index (χ0n) is 18.5. The minimum Gasteiger partial charge on any atom is -0.356 e. The van der Waals surface area contributed by atoms with Crippen LogP contribution in [-0.4, -0.2) is 24.9 Å². The van der Waals surface area contributed by atoms with E-state index in [0.717, 1.165) is 24.8 Å². The van der Waals surface area contributed by atoms with Gasteiger partial charge in [0.1, 0.15) is 0 Å². The fraction of sp³-hybridized carbons (Fsp3) is 0.500. The molecule has 4 heteroatoms. The fourth-order valence-corrected chi connectivity index (χ4v) is 2.45. The van der Waals surface area contributed by atoms with Gasteiger partial charge in [-0.2, -0.15) is 0 Å². The molecule has 0 radical (unpaired) electrons. The lowest BCUT2D eigenvalue weighted by molar-refractivity contribution is -0.123. The van der Waals surface area contributed by atoms with E-state index in [1.54, 1.807) is 0 Å². The molecule has 1 aliphatic carbocycles. The largest absolute Gasteiger partial charge is 0.356 e. The summed E-state index contributed by atoms with van der Waals surface area (Å²) in [6.45, 7) is 12.9. The van der Waals surface area contributed by atoms with E-state index < -0.39 is 0 Å². The number of benzene rings is 1. The van der Waals surface area contributed by atoms with Crippen LogP contribution in [0.1, 0.15) is 79.6 Å². The molecule has 1 aliphatic rings. The van der Waals surface area contributed by atoms with E-state index in [4.69, 9.17) is 0 Å². The molecule has 28 heavy (non-hydrogen) atoms. The molecule has 0 atom stereocenters. The summed E-state index contributed by atoms with van der Waals surface area (Å²) < 4.78 is 0. The Morgan fingerprint density at radius 3 is 2.11 bits per heavy atom. The molecular weight excluding hydrogens is 348 g/mol. The fourth-order valence-electron chi connectivity index (χ4n) is 2.45. The Bertz CT molecular complexity index is 639. The molecule has 0 bridgehead atoms. The molecule has 1 aromatic carbocycles. The van der Waals surface area contributed by atoms with E-state index in [-0.39, 0.29) is 20.6 Å². The molecule has 0 fully saturated rings. The molecule has 1 aromatic rings. The molecule has 0 aliphatic heterocycles. The van der Waals surface area contributed by atoms with Crippen LogP contribution in [0.5, 0.6) is 0 Å². The van der Waals surface area contributed by atoms with Crippen molar-refractivity contribution in [1.82, 2.24) is 10.6 Å². The summed E-state index contributed by atoms with van der Waals surface area (Å²) in [5.41, 5.74) is 3.01. The van der Waals surface area contributed by atoms with E-state index in [9.17, 15) is 9.59 Å². The number of allylic oxidation sites excluding steroid dienone is 4. The highest BCUT2D eigenvalue weighted by molar-refractivity contribution is 5.94. The van der Waals surface area contributed by atoms with Crippen molar-refractivity contribution in [3.63, 3.8) is 0 Å². The molecule has 0 heterocycles. The van der Waals surface area contributed by atoms with E-state index in [1.807, 2.05) is 65.8 Å².